The third kappa shape index (κ3) is 72.8. The molecule has 0 heterocycles. The van der Waals surface area contributed by atoms with E-state index in [4.69, 9.17) is 37.0 Å². The number of carbonyl (C=O) groups excluding carboxylic acids is 4. The van der Waals surface area contributed by atoms with Crippen molar-refractivity contribution in [3.8, 4) is 0 Å². The number of carbonyl (C=O) groups is 4. The fourth-order valence-corrected chi connectivity index (χ4v) is 11.1. The summed E-state index contributed by atoms with van der Waals surface area (Å²) in [5, 5.41) is 10.6. The number of hydrogen-bond acceptors (Lipinski definition) is 15. The second kappa shape index (κ2) is 73.7. The van der Waals surface area contributed by atoms with Crippen LogP contribution >= 0.6 is 15.6 Å². The van der Waals surface area contributed by atoms with Gasteiger partial charge in [-0.2, -0.15) is 0 Å². The summed E-state index contributed by atoms with van der Waals surface area (Å²) in [6.07, 6.45) is 86.9. The molecule has 0 spiro atoms. The van der Waals surface area contributed by atoms with Crippen molar-refractivity contribution in [1.82, 2.24) is 0 Å². The van der Waals surface area contributed by atoms with E-state index >= 15 is 0 Å². The molecule has 0 fully saturated rings. The van der Waals surface area contributed by atoms with Crippen LogP contribution in [0.2, 0.25) is 0 Å². The van der Waals surface area contributed by atoms with Crippen LogP contribution in [0, 0.1) is 0 Å². The van der Waals surface area contributed by atoms with Gasteiger partial charge in [0.25, 0.3) is 0 Å². The summed E-state index contributed by atoms with van der Waals surface area (Å²) < 4.78 is 68.2. The molecule has 0 radical (unpaired) electrons. The van der Waals surface area contributed by atoms with Gasteiger partial charge >= 0.3 is 39.5 Å². The highest BCUT2D eigenvalue weighted by Gasteiger charge is 2.30. The molecule has 0 aliphatic heterocycles. The molecule has 102 heavy (non-hydrogen) atoms. The smallest absolute Gasteiger partial charge is 0.462 e. The first-order valence-electron chi connectivity index (χ1n) is 38.4. The van der Waals surface area contributed by atoms with Gasteiger partial charge in [0.1, 0.15) is 19.3 Å². The van der Waals surface area contributed by atoms with Crippen molar-refractivity contribution in [3.05, 3.63) is 170 Å². The number of phosphoric acid groups is 2. The van der Waals surface area contributed by atoms with Crippen LogP contribution in [0.3, 0.4) is 0 Å². The Morgan fingerprint density at radius 2 is 0.559 bits per heavy atom. The third-order valence-electron chi connectivity index (χ3n) is 15.3. The molecular formula is C83H134O17P2. The highest BCUT2D eigenvalue weighted by molar-refractivity contribution is 7.47. The first kappa shape index (κ1) is 96.4. The van der Waals surface area contributed by atoms with E-state index < -0.39 is 97.5 Å². The second-order valence-electron chi connectivity index (χ2n) is 24.8. The number of unbranched alkanes of at least 4 members (excludes halogenated alkanes) is 18. The monoisotopic (exact) mass is 1460 g/mol. The second-order valence-corrected chi connectivity index (χ2v) is 27.7. The van der Waals surface area contributed by atoms with Gasteiger partial charge in [-0.25, -0.2) is 9.13 Å². The Bertz CT molecular complexity index is 2600. The van der Waals surface area contributed by atoms with Gasteiger partial charge in [-0.15, -0.1) is 0 Å². The van der Waals surface area contributed by atoms with E-state index in [1.54, 1.807) is 18.2 Å². The molecule has 0 rings (SSSR count). The van der Waals surface area contributed by atoms with Crippen molar-refractivity contribution in [2.75, 3.05) is 39.6 Å². The normalized spacial score (nSPS) is 14.9. The maximum atomic E-state index is 13.1. The summed E-state index contributed by atoms with van der Waals surface area (Å²) in [4.78, 5) is 72.8. The molecule has 0 aliphatic carbocycles. The molecule has 578 valence electrons. The predicted octanol–water partition coefficient (Wildman–Crippen LogP) is 22.2. The van der Waals surface area contributed by atoms with Crippen LogP contribution in [-0.2, 0) is 65.4 Å². The molecule has 0 aromatic rings. The van der Waals surface area contributed by atoms with Crippen molar-refractivity contribution >= 4 is 39.5 Å². The average Bonchev–Trinajstić information content (AvgIpc) is 0.919. The van der Waals surface area contributed by atoms with Crippen LogP contribution in [-0.4, -0.2) is 96.7 Å². The SMILES string of the molecule is CC/C=C\C/C=C\C/C=C\C/C=C\C/C=C\CC(=O)OCC(COP(=O)(O)OCC(O)COP(=O)(O)OCC(COC(=O)CCCCCCCC/C=C\C/C=C\C/C=C\C/C=C\CC)OC(=O)CCCCCCCCCCCCCCC)OC(=O)C/C=C\C/C=C\C/C=C\C/C=C\C/C=C\CC. The van der Waals surface area contributed by atoms with Gasteiger partial charge in [0.05, 0.1) is 39.3 Å². The summed E-state index contributed by atoms with van der Waals surface area (Å²) in [5.74, 6) is -2.50. The zero-order valence-electron chi connectivity index (χ0n) is 63.0. The summed E-state index contributed by atoms with van der Waals surface area (Å²) in [6.45, 7) is 4.26. The van der Waals surface area contributed by atoms with Gasteiger partial charge in [0.15, 0.2) is 12.2 Å². The van der Waals surface area contributed by atoms with Crippen molar-refractivity contribution < 1.29 is 80.2 Å². The number of esters is 4. The zero-order chi connectivity index (χ0) is 74.6. The Kier molecular flexibility index (Phi) is 69.7. The fraction of sp³-hybridized carbons (Fsp3) is 0.614. The third-order valence-corrected chi connectivity index (χ3v) is 17.2. The lowest BCUT2D eigenvalue weighted by Crippen LogP contribution is -2.30. The Labute approximate surface area is 616 Å². The van der Waals surface area contributed by atoms with Crippen LogP contribution < -0.4 is 0 Å². The largest absolute Gasteiger partial charge is 0.472 e. The number of rotatable bonds is 70. The summed E-state index contributed by atoms with van der Waals surface area (Å²) in [5.41, 5.74) is 0. The summed E-state index contributed by atoms with van der Waals surface area (Å²) >= 11 is 0. The molecule has 5 unspecified atom stereocenters. The minimum atomic E-state index is -5.02. The first-order chi connectivity index (χ1) is 49.7. The van der Waals surface area contributed by atoms with E-state index in [0.29, 0.717) is 25.7 Å². The van der Waals surface area contributed by atoms with Gasteiger partial charge in [-0.05, 0) is 116 Å². The lowest BCUT2D eigenvalue weighted by Gasteiger charge is -2.21. The topological polar surface area (TPSA) is 237 Å². The van der Waals surface area contributed by atoms with Crippen LogP contribution in [0.1, 0.15) is 272 Å². The van der Waals surface area contributed by atoms with E-state index in [9.17, 15) is 43.2 Å². The van der Waals surface area contributed by atoms with Crippen LogP contribution in [0.4, 0.5) is 0 Å². The Morgan fingerprint density at radius 3 is 0.912 bits per heavy atom. The van der Waals surface area contributed by atoms with Gasteiger partial charge < -0.3 is 33.8 Å². The number of aliphatic hydroxyl groups excluding tert-OH is 1. The maximum Gasteiger partial charge on any atom is 0.472 e. The molecule has 0 bridgehead atoms. The summed E-state index contributed by atoms with van der Waals surface area (Å²) in [7, 11) is -10.0. The van der Waals surface area contributed by atoms with E-state index in [0.717, 1.165) is 141 Å². The maximum absolute atomic E-state index is 13.1. The number of phosphoric ester groups is 2. The lowest BCUT2D eigenvalue weighted by molar-refractivity contribution is -0.161. The Hall–Kier alpha value is -5.58. The van der Waals surface area contributed by atoms with Crippen LogP contribution in [0.5, 0.6) is 0 Å². The molecule has 0 aromatic carbocycles. The van der Waals surface area contributed by atoms with E-state index in [-0.39, 0.29) is 25.7 Å². The molecule has 0 aliphatic rings. The highest BCUT2D eigenvalue weighted by Crippen LogP contribution is 2.45. The minimum Gasteiger partial charge on any atom is -0.462 e. The molecule has 0 aromatic heterocycles. The number of ether oxygens (including phenoxy) is 4. The van der Waals surface area contributed by atoms with Gasteiger partial charge in [-0.1, -0.05) is 301 Å². The minimum absolute atomic E-state index is 0.0844. The van der Waals surface area contributed by atoms with Gasteiger partial charge in [0, 0.05) is 12.8 Å². The standard InChI is InChI=1S/C83H134O17P2/c1-5-9-13-17-21-25-29-33-36-37-38-39-42-45-48-52-56-60-64-68-81(86)94-73-78(99-82(87)69-65-61-57-53-49-43-32-28-24-20-16-12-8-4)75-97-101(89,90)95-71-77(84)72-96-102(91,92)98-76-79(100-83(88)70-66-62-58-54-50-46-41-35-31-27-23-19-15-11-7-3)74-93-80(85)67-63-59-55-51-47-44-40-34-30-26-22-18-14-10-6-2/h9-11,13-15,21-23,25-27,33-36,38-41,47,50-51,54,59,62-63,66,77-79,84H,5-8,12,16-20,24,28-32,37,42-46,48-49,52-53,55-58,60-61,64-65,67-76H2,1-4H3,(H,89,90)(H,91,92)/b13-9-,14-10-,15-11-,25-21-,26-22-,27-23-,36-33-,39-38-,40-34-,41-35-,51-47-,54-50-,63-59-,66-62-. The molecule has 19 heteroatoms. The summed E-state index contributed by atoms with van der Waals surface area (Å²) in [6, 6.07) is 0. The average molecular weight is 1470 g/mol. The first-order valence-corrected chi connectivity index (χ1v) is 41.4. The van der Waals surface area contributed by atoms with Gasteiger partial charge in [0.2, 0.25) is 0 Å². The molecule has 0 saturated heterocycles. The van der Waals surface area contributed by atoms with E-state index in [1.807, 2.05) is 30.4 Å². The van der Waals surface area contributed by atoms with Crippen molar-refractivity contribution in [2.45, 2.75) is 290 Å². The fourth-order valence-electron chi connectivity index (χ4n) is 9.54. The number of allylic oxidation sites excluding steroid dienone is 26. The van der Waals surface area contributed by atoms with Crippen LogP contribution in [0.15, 0.2) is 170 Å². The lowest BCUT2D eigenvalue weighted by atomic mass is 10.0. The molecule has 3 N–H and O–H groups in total. The highest BCUT2D eigenvalue weighted by atomic mass is 31.2. The quantitative estimate of drug-likeness (QED) is 0.0169. The number of hydrogen-bond donors (Lipinski definition) is 3. The molecular weight excluding hydrogens is 1330 g/mol. The zero-order valence-corrected chi connectivity index (χ0v) is 64.8. The van der Waals surface area contributed by atoms with Crippen molar-refractivity contribution in [2.24, 2.45) is 0 Å². The van der Waals surface area contributed by atoms with E-state index in [1.165, 1.54) is 51.4 Å². The molecule has 0 saturated carbocycles. The molecule has 0 amide bonds. The van der Waals surface area contributed by atoms with Crippen molar-refractivity contribution in [3.63, 3.8) is 0 Å². The molecule has 17 nitrogen and oxygen atoms in total. The Morgan fingerprint density at radius 1 is 0.294 bits per heavy atom. The predicted molar refractivity (Wildman–Crippen MR) is 417 cm³/mol. The Balaban J connectivity index is 5.49. The molecule has 5 atom stereocenters. The van der Waals surface area contributed by atoms with Gasteiger partial charge in [-0.3, -0.25) is 37.3 Å². The van der Waals surface area contributed by atoms with Crippen LogP contribution in [0.25, 0.3) is 0 Å². The number of aliphatic hydroxyl groups is 1. The van der Waals surface area contributed by atoms with E-state index in [2.05, 4.69) is 149 Å². The van der Waals surface area contributed by atoms with Crippen molar-refractivity contribution in [1.29, 1.82) is 0 Å².